The first-order chi connectivity index (χ1) is 10.9. The van der Waals surface area contributed by atoms with E-state index in [4.69, 9.17) is 0 Å². The normalized spacial score (nSPS) is 22.5. The maximum Gasteiger partial charge on any atom is 0.512 e. The Morgan fingerprint density at radius 1 is 1.17 bits per heavy atom. The van der Waals surface area contributed by atoms with Crippen molar-refractivity contribution >= 4 is 31.2 Å². The van der Waals surface area contributed by atoms with E-state index in [2.05, 4.69) is 11.1 Å². The predicted octanol–water partition coefficient (Wildman–Crippen LogP) is 1.91. The largest absolute Gasteiger partial charge is 0.512 e. The van der Waals surface area contributed by atoms with Crippen molar-refractivity contribution in [2.24, 2.45) is 0 Å². The van der Waals surface area contributed by atoms with Gasteiger partial charge in [0.1, 0.15) is 16.8 Å². The molecule has 1 heterocycles. The summed E-state index contributed by atoms with van der Waals surface area (Å²) in [7, 11) is -11.2. The number of hydrogen-bond acceptors (Lipinski definition) is 5. The van der Waals surface area contributed by atoms with Crippen molar-refractivity contribution in [1.82, 2.24) is 4.13 Å². The van der Waals surface area contributed by atoms with E-state index in [1.165, 1.54) is 12.1 Å². The highest BCUT2D eigenvalue weighted by Gasteiger charge is 2.49. The Labute approximate surface area is 141 Å². The van der Waals surface area contributed by atoms with Crippen LogP contribution in [0.4, 0.5) is 13.2 Å². The summed E-state index contributed by atoms with van der Waals surface area (Å²) in [4.78, 5) is 1.00. The summed E-state index contributed by atoms with van der Waals surface area (Å²) in [5, 5.41) is 0.513. The first-order valence-electron chi connectivity index (χ1n) is 6.75. The summed E-state index contributed by atoms with van der Waals surface area (Å²) < 4.78 is 86.0. The number of sulfonamides is 1. The van der Waals surface area contributed by atoms with Crippen molar-refractivity contribution in [3.8, 4) is 5.75 Å². The molecule has 0 bridgehead atoms. The van der Waals surface area contributed by atoms with E-state index in [9.17, 15) is 30.0 Å². The second-order valence-corrected chi connectivity index (χ2v) is 10.9. The van der Waals surface area contributed by atoms with E-state index in [1.807, 2.05) is 0 Å². The Kier molecular flexibility index (Phi) is 5.43. The van der Waals surface area contributed by atoms with Gasteiger partial charge in [0.25, 0.3) is 0 Å². The third-order valence-electron chi connectivity index (χ3n) is 3.31. The van der Waals surface area contributed by atoms with E-state index >= 15 is 0 Å². The zero-order chi connectivity index (χ0) is 18.2. The summed E-state index contributed by atoms with van der Waals surface area (Å²) in [5.41, 5.74) is -5.76. The summed E-state index contributed by atoms with van der Waals surface area (Å²) in [6.07, 6.45) is 2.21. The zero-order valence-electron chi connectivity index (χ0n) is 12.4. The Hall–Kier alpha value is -0.980. The van der Waals surface area contributed by atoms with Crippen molar-refractivity contribution in [3.05, 3.63) is 24.3 Å². The van der Waals surface area contributed by atoms with Crippen LogP contribution < -0.4 is 8.31 Å². The van der Waals surface area contributed by atoms with Crippen molar-refractivity contribution in [3.63, 3.8) is 0 Å². The van der Waals surface area contributed by atoms with Crippen LogP contribution in [0.3, 0.4) is 0 Å². The second-order valence-electron chi connectivity index (χ2n) is 5.13. The Morgan fingerprint density at radius 2 is 1.75 bits per heavy atom. The first kappa shape index (κ1) is 19.3. The molecule has 1 aliphatic rings. The highest BCUT2D eigenvalue weighted by atomic mass is 32.3. The minimum atomic E-state index is -6.07. The molecule has 1 saturated heterocycles. The third-order valence-corrected chi connectivity index (χ3v) is 8.84. The van der Waals surface area contributed by atoms with Crippen molar-refractivity contribution in [1.29, 1.82) is 0 Å². The van der Waals surface area contributed by atoms with Gasteiger partial charge in [-0.15, -0.1) is 0 Å². The molecule has 24 heavy (non-hydrogen) atoms. The van der Waals surface area contributed by atoms with Gasteiger partial charge in [-0.05, 0) is 44.0 Å². The summed E-state index contributed by atoms with van der Waals surface area (Å²) in [6.45, 7) is 2.12. The van der Waals surface area contributed by atoms with Crippen molar-refractivity contribution in [2.45, 2.75) is 35.4 Å². The molecule has 6 nitrogen and oxygen atoms in total. The molecule has 1 aliphatic heterocycles. The van der Waals surface area contributed by atoms with Crippen LogP contribution in [-0.2, 0) is 31.2 Å². The van der Waals surface area contributed by atoms with E-state index in [0.29, 0.717) is 9.38 Å². The van der Waals surface area contributed by atoms with Crippen LogP contribution in [0.2, 0.25) is 0 Å². The minimum absolute atomic E-state index is 0.0402. The number of benzene rings is 1. The summed E-state index contributed by atoms with van der Waals surface area (Å²) in [6, 6.07) is 5.84. The maximum atomic E-state index is 12.2. The summed E-state index contributed by atoms with van der Waals surface area (Å²) >= 11 is 0. The van der Waals surface area contributed by atoms with Gasteiger partial charge in [-0.1, -0.05) is 4.13 Å². The molecule has 2 atom stereocenters. The van der Waals surface area contributed by atoms with Crippen LogP contribution in [0.15, 0.2) is 29.2 Å². The lowest BCUT2D eigenvalue weighted by molar-refractivity contribution is -0.0442. The highest BCUT2D eigenvalue weighted by molar-refractivity contribution is 8.03. The van der Waals surface area contributed by atoms with Crippen LogP contribution in [0.1, 0.15) is 19.8 Å². The number of nitrogens with one attached hydrogen (secondary N) is 1. The lowest BCUT2D eigenvalue weighted by atomic mass is 10.3. The second kappa shape index (κ2) is 6.73. The van der Waals surface area contributed by atoms with Gasteiger partial charge >= 0.3 is 25.8 Å². The van der Waals surface area contributed by atoms with Gasteiger partial charge in [-0.3, -0.25) is 0 Å². The molecule has 0 amide bonds. The molecule has 136 valence electrons. The number of alkyl halides is 3. The zero-order valence-corrected chi connectivity index (χ0v) is 14.9. The molecule has 2 rings (SSSR count). The minimum Gasteiger partial charge on any atom is -0.370 e. The molecule has 0 saturated carbocycles. The highest BCUT2D eigenvalue weighted by Crippen LogP contribution is 2.30. The van der Waals surface area contributed by atoms with Crippen LogP contribution in [-0.4, -0.2) is 33.3 Å². The van der Waals surface area contributed by atoms with Gasteiger partial charge < -0.3 is 4.18 Å². The van der Waals surface area contributed by atoms with Crippen LogP contribution >= 0.6 is 0 Å². The van der Waals surface area contributed by atoms with Gasteiger partial charge in [-0.2, -0.15) is 21.6 Å². The standard InChI is InChI=1S/C12H15F3NO5S3/c1-9-3-2-8-22(9)11-6-4-10(5-7-11)21-24(19,20)16-23(17,18)12(13,14)15/h4-7,9,16H,2-3,8H2,1H3/q+1. The third kappa shape index (κ3) is 4.55. The fourth-order valence-electron chi connectivity index (χ4n) is 2.22. The average molecular weight is 406 g/mol. The summed E-state index contributed by atoms with van der Waals surface area (Å²) in [5.74, 6) is 0.754. The molecule has 1 fully saturated rings. The molecule has 1 N–H and O–H groups in total. The Morgan fingerprint density at radius 3 is 2.21 bits per heavy atom. The molecule has 0 aromatic heterocycles. The van der Waals surface area contributed by atoms with Crippen LogP contribution in [0.25, 0.3) is 0 Å². The monoisotopic (exact) mass is 406 g/mol. The molecular weight excluding hydrogens is 391 g/mol. The molecule has 1 aromatic carbocycles. The van der Waals surface area contributed by atoms with E-state index < -0.39 is 25.8 Å². The SMILES string of the molecule is CC1CCC[S+]1c1ccc(OS(=O)(=O)NS(=O)(=O)C(F)(F)F)cc1. The van der Waals surface area contributed by atoms with Crippen LogP contribution in [0, 0.1) is 0 Å². The van der Waals surface area contributed by atoms with Gasteiger partial charge in [0.2, 0.25) is 0 Å². The molecule has 0 radical (unpaired) electrons. The number of rotatable bonds is 5. The smallest absolute Gasteiger partial charge is 0.370 e. The van der Waals surface area contributed by atoms with Gasteiger partial charge in [-0.25, -0.2) is 8.42 Å². The van der Waals surface area contributed by atoms with Gasteiger partial charge in [0, 0.05) is 10.9 Å². The van der Waals surface area contributed by atoms with Crippen molar-refractivity contribution in [2.75, 3.05) is 5.75 Å². The predicted molar refractivity (Wildman–Crippen MR) is 83.3 cm³/mol. The Balaban J connectivity index is 2.10. The average Bonchev–Trinajstić information content (AvgIpc) is 2.83. The molecule has 2 unspecified atom stereocenters. The van der Waals surface area contributed by atoms with Crippen molar-refractivity contribution < 1.29 is 34.2 Å². The van der Waals surface area contributed by atoms with Gasteiger partial charge in [0.05, 0.1) is 0 Å². The first-order valence-corrected chi connectivity index (χ1v) is 11.1. The maximum absolute atomic E-state index is 12.2. The number of halogens is 3. The molecule has 12 heteroatoms. The van der Waals surface area contributed by atoms with E-state index in [-0.39, 0.29) is 16.6 Å². The topological polar surface area (TPSA) is 89.5 Å². The Bertz CT molecular complexity index is 790. The fourth-order valence-corrected chi connectivity index (χ4v) is 6.69. The molecule has 0 aliphatic carbocycles. The quantitative estimate of drug-likeness (QED) is 0.755. The number of hydrogen-bond donors (Lipinski definition) is 1. The lowest BCUT2D eigenvalue weighted by Gasteiger charge is -2.11. The molecule has 0 spiro atoms. The van der Waals surface area contributed by atoms with E-state index in [0.717, 1.165) is 23.5 Å². The lowest BCUT2D eigenvalue weighted by Crippen LogP contribution is -2.42. The molecule has 1 aromatic rings. The van der Waals surface area contributed by atoms with Gasteiger partial charge in [0.15, 0.2) is 4.90 Å². The fraction of sp³-hybridized carbons (Fsp3) is 0.500. The molecular formula is C12H15F3NO5S3+. The van der Waals surface area contributed by atoms with E-state index in [1.54, 1.807) is 12.1 Å². The van der Waals surface area contributed by atoms with Crippen LogP contribution in [0.5, 0.6) is 5.75 Å².